The van der Waals surface area contributed by atoms with E-state index in [2.05, 4.69) is 6.07 Å². The first-order valence-electron chi connectivity index (χ1n) is 4.78. The van der Waals surface area contributed by atoms with Crippen LogP contribution in [0.25, 0.3) is 0 Å². The Balaban J connectivity index is 2.22. The summed E-state index contributed by atoms with van der Waals surface area (Å²) in [6, 6.07) is 8.13. The fourth-order valence-electron chi connectivity index (χ4n) is 1.79. The van der Waals surface area contributed by atoms with Crippen LogP contribution < -0.4 is 10.5 Å². The molecule has 0 spiro atoms. The van der Waals surface area contributed by atoms with Crippen molar-refractivity contribution < 1.29 is 9.47 Å². The van der Waals surface area contributed by atoms with Crippen LogP contribution in [0.4, 0.5) is 0 Å². The molecular formula is C11H15NO2. The summed E-state index contributed by atoms with van der Waals surface area (Å²) in [6.45, 7) is 1.37. The zero-order valence-corrected chi connectivity index (χ0v) is 8.27. The van der Waals surface area contributed by atoms with Gasteiger partial charge >= 0.3 is 0 Å². The molecule has 1 heterocycles. The topological polar surface area (TPSA) is 44.5 Å². The van der Waals surface area contributed by atoms with Gasteiger partial charge in [0.05, 0.1) is 20.3 Å². The molecule has 0 amide bonds. The second-order valence-electron chi connectivity index (χ2n) is 3.58. The van der Waals surface area contributed by atoms with Crippen molar-refractivity contribution in [1.82, 2.24) is 0 Å². The van der Waals surface area contributed by atoms with E-state index >= 15 is 0 Å². The number of rotatable bonds is 2. The molecule has 1 aromatic rings. The Kier molecular flexibility index (Phi) is 2.70. The smallest absolute Gasteiger partial charge is 0.119 e. The molecule has 1 fully saturated rings. The Morgan fingerprint density at radius 3 is 2.93 bits per heavy atom. The van der Waals surface area contributed by atoms with E-state index in [1.165, 1.54) is 5.56 Å². The fraction of sp³-hybridized carbons (Fsp3) is 0.455. The van der Waals surface area contributed by atoms with Crippen molar-refractivity contribution in [2.75, 3.05) is 20.3 Å². The highest BCUT2D eigenvalue weighted by atomic mass is 16.5. The lowest BCUT2D eigenvalue weighted by molar-refractivity contribution is 0.191. The third-order valence-corrected chi connectivity index (χ3v) is 2.65. The maximum absolute atomic E-state index is 5.94. The predicted octanol–water partition coefficient (Wildman–Crippen LogP) is 1.14. The molecule has 0 aliphatic carbocycles. The number of hydrogen-bond acceptors (Lipinski definition) is 3. The van der Waals surface area contributed by atoms with Crippen LogP contribution in [-0.4, -0.2) is 26.4 Å². The van der Waals surface area contributed by atoms with Gasteiger partial charge in [0.2, 0.25) is 0 Å². The predicted molar refractivity (Wildman–Crippen MR) is 54.5 cm³/mol. The van der Waals surface area contributed by atoms with E-state index in [1.54, 1.807) is 7.11 Å². The summed E-state index contributed by atoms with van der Waals surface area (Å²) >= 11 is 0. The van der Waals surface area contributed by atoms with Crippen LogP contribution >= 0.6 is 0 Å². The van der Waals surface area contributed by atoms with E-state index in [9.17, 15) is 0 Å². The Bertz CT molecular complexity index is 314. The minimum Gasteiger partial charge on any atom is -0.497 e. The second kappa shape index (κ2) is 3.98. The number of benzene rings is 1. The number of hydrogen-bond donors (Lipinski definition) is 1. The van der Waals surface area contributed by atoms with Gasteiger partial charge in [-0.25, -0.2) is 0 Å². The van der Waals surface area contributed by atoms with E-state index < -0.39 is 0 Å². The number of methoxy groups -OCH3 is 1. The van der Waals surface area contributed by atoms with Gasteiger partial charge in [0.1, 0.15) is 5.75 Å². The molecule has 2 rings (SSSR count). The van der Waals surface area contributed by atoms with E-state index in [-0.39, 0.29) is 6.04 Å². The Labute approximate surface area is 83.8 Å². The lowest BCUT2D eigenvalue weighted by Crippen LogP contribution is -2.26. The van der Waals surface area contributed by atoms with Gasteiger partial charge in [-0.1, -0.05) is 12.1 Å². The van der Waals surface area contributed by atoms with E-state index in [1.807, 2.05) is 18.2 Å². The molecule has 0 saturated carbocycles. The maximum atomic E-state index is 5.94. The molecule has 3 heteroatoms. The summed E-state index contributed by atoms with van der Waals surface area (Å²) in [4.78, 5) is 0. The molecule has 1 aromatic carbocycles. The molecule has 2 N–H and O–H groups in total. The van der Waals surface area contributed by atoms with Gasteiger partial charge in [0, 0.05) is 12.0 Å². The van der Waals surface area contributed by atoms with Gasteiger partial charge in [-0.15, -0.1) is 0 Å². The molecule has 14 heavy (non-hydrogen) atoms. The zero-order chi connectivity index (χ0) is 9.97. The highest BCUT2D eigenvalue weighted by Gasteiger charge is 2.26. The summed E-state index contributed by atoms with van der Waals surface area (Å²) in [5.74, 6) is 1.19. The summed E-state index contributed by atoms with van der Waals surface area (Å²) in [5, 5.41) is 0. The van der Waals surface area contributed by atoms with Crippen LogP contribution in [0.5, 0.6) is 5.75 Å². The Hall–Kier alpha value is -1.06. The summed E-state index contributed by atoms with van der Waals surface area (Å²) < 4.78 is 10.5. The minimum atomic E-state index is 0.113. The van der Waals surface area contributed by atoms with Crippen molar-refractivity contribution in [2.45, 2.75) is 12.0 Å². The molecule has 0 radical (unpaired) electrons. The molecule has 3 nitrogen and oxygen atoms in total. The van der Waals surface area contributed by atoms with E-state index in [4.69, 9.17) is 15.2 Å². The standard InChI is InChI=1S/C11H15NO2/c1-13-9-4-2-3-8(5-9)10-6-14-7-11(10)12/h2-5,10-11H,6-7,12H2,1H3. The highest BCUT2D eigenvalue weighted by molar-refractivity contribution is 5.32. The molecule has 1 aliphatic rings. The van der Waals surface area contributed by atoms with Crippen LogP contribution in [-0.2, 0) is 4.74 Å². The fourth-order valence-corrected chi connectivity index (χ4v) is 1.79. The lowest BCUT2D eigenvalue weighted by atomic mass is 9.95. The first-order chi connectivity index (χ1) is 6.81. The lowest BCUT2D eigenvalue weighted by Gasteiger charge is -2.14. The normalized spacial score (nSPS) is 26.4. The van der Waals surface area contributed by atoms with Crippen LogP contribution in [0.3, 0.4) is 0 Å². The van der Waals surface area contributed by atoms with E-state index in [0.717, 1.165) is 5.75 Å². The molecule has 0 aromatic heterocycles. The number of ether oxygens (including phenoxy) is 2. The third kappa shape index (κ3) is 1.74. The van der Waals surface area contributed by atoms with Crippen LogP contribution in [0, 0.1) is 0 Å². The molecular weight excluding hydrogens is 178 g/mol. The van der Waals surface area contributed by atoms with Gasteiger partial charge in [0.15, 0.2) is 0 Å². The maximum Gasteiger partial charge on any atom is 0.119 e. The van der Waals surface area contributed by atoms with Crippen LogP contribution in [0.15, 0.2) is 24.3 Å². The van der Waals surface area contributed by atoms with Gasteiger partial charge in [-0.3, -0.25) is 0 Å². The molecule has 1 saturated heterocycles. The molecule has 2 unspecified atom stereocenters. The van der Waals surface area contributed by atoms with Crippen molar-refractivity contribution in [1.29, 1.82) is 0 Å². The highest BCUT2D eigenvalue weighted by Crippen LogP contribution is 2.26. The molecule has 1 aliphatic heterocycles. The average molecular weight is 193 g/mol. The van der Waals surface area contributed by atoms with Gasteiger partial charge < -0.3 is 15.2 Å². The zero-order valence-electron chi connectivity index (χ0n) is 8.27. The first kappa shape index (κ1) is 9.49. The molecule has 0 bridgehead atoms. The first-order valence-corrected chi connectivity index (χ1v) is 4.78. The molecule has 2 atom stereocenters. The van der Waals surface area contributed by atoms with Crippen LogP contribution in [0.2, 0.25) is 0 Å². The van der Waals surface area contributed by atoms with Crippen molar-refractivity contribution in [2.24, 2.45) is 5.73 Å². The van der Waals surface area contributed by atoms with Crippen molar-refractivity contribution in [3.8, 4) is 5.75 Å². The quantitative estimate of drug-likeness (QED) is 0.766. The minimum absolute atomic E-state index is 0.113. The second-order valence-corrected chi connectivity index (χ2v) is 3.58. The molecule has 76 valence electrons. The third-order valence-electron chi connectivity index (χ3n) is 2.65. The van der Waals surface area contributed by atoms with E-state index in [0.29, 0.717) is 19.1 Å². The Morgan fingerprint density at radius 2 is 2.29 bits per heavy atom. The summed E-state index contributed by atoms with van der Waals surface area (Å²) in [7, 11) is 1.67. The SMILES string of the molecule is COc1cccc(C2COCC2N)c1. The average Bonchev–Trinajstić information content (AvgIpc) is 2.65. The van der Waals surface area contributed by atoms with Gasteiger partial charge in [0.25, 0.3) is 0 Å². The van der Waals surface area contributed by atoms with Gasteiger partial charge in [-0.05, 0) is 17.7 Å². The Morgan fingerprint density at radius 1 is 1.43 bits per heavy atom. The van der Waals surface area contributed by atoms with Crippen molar-refractivity contribution >= 4 is 0 Å². The largest absolute Gasteiger partial charge is 0.497 e. The monoisotopic (exact) mass is 193 g/mol. The van der Waals surface area contributed by atoms with Crippen molar-refractivity contribution in [3.63, 3.8) is 0 Å². The van der Waals surface area contributed by atoms with Crippen LogP contribution in [0.1, 0.15) is 11.5 Å². The summed E-state index contributed by atoms with van der Waals surface area (Å²) in [5.41, 5.74) is 7.14. The van der Waals surface area contributed by atoms with Gasteiger partial charge in [-0.2, -0.15) is 0 Å². The number of nitrogens with two attached hydrogens (primary N) is 1. The van der Waals surface area contributed by atoms with Crippen molar-refractivity contribution in [3.05, 3.63) is 29.8 Å². The summed E-state index contributed by atoms with van der Waals surface area (Å²) in [6.07, 6.45) is 0.